The van der Waals surface area contributed by atoms with Gasteiger partial charge in [-0.15, -0.1) is 11.3 Å². The molecule has 6 rings (SSSR count). The molecule has 1 fully saturated rings. The van der Waals surface area contributed by atoms with Crippen LogP contribution in [0.25, 0.3) is 10.2 Å². The molecule has 1 aromatic heterocycles. The number of nitrogens with two attached hydrogens (primary N) is 1. The topological polar surface area (TPSA) is 150 Å². The quantitative estimate of drug-likeness (QED) is 0.0896. The number of rotatable bonds is 14. The molecule has 10 nitrogen and oxygen atoms in total. The molecular formula is C39H38N6O4S. The number of nitrogens with one attached hydrogen (secondary N) is 2. The summed E-state index contributed by atoms with van der Waals surface area (Å²) in [6.07, 6.45) is 1.83. The van der Waals surface area contributed by atoms with Crippen LogP contribution in [-0.2, 0) is 33.6 Å². The Hall–Kier alpha value is -5.68. The first-order valence-electron chi connectivity index (χ1n) is 16.5. The predicted molar refractivity (Wildman–Crippen MR) is 194 cm³/mol. The number of aryl methyl sites for hydroxylation is 1. The van der Waals surface area contributed by atoms with E-state index >= 15 is 0 Å². The van der Waals surface area contributed by atoms with Gasteiger partial charge in [-0.05, 0) is 47.7 Å². The van der Waals surface area contributed by atoms with Crippen molar-refractivity contribution >= 4 is 50.9 Å². The SMILES string of the molecule is N=C(N)c1cccc(CC(NC(=O)CN2C(=O)CN(CCCc3ccccc3)C(=O)[C@H]2Cc2ccccc2)C(=O)c2nc3ccccc3s2)c1. The molecule has 0 bridgehead atoms. The largest absolute Gasteiger partial charge is 0.384 e. The Bertz CT molecular complexity index is 1980. The van der Waals surface area contributed by atoms with Gasteiger partial charge < -0.3 is 20.9 Å². The number of hydrogen-bond donors (Lipinski definition) is 3. The van der Waals surface area contributed by atoms with Gasteiger partial charge in [-0.3, -0.25) is 24.6 Å². The number of thiazole rings is 1. The molecule has 4 N–H and O–H groups in total. The average Bonchev–Trinajstić information content (AvgIpc) is 3.57. The molecule has 0 spiro atoms. The summed E-state index contributed by atoms with van der Waals surface area (Å²) in [5.74, 6) is -1.60. The molecule has 1 saturated heterocycles. The van der Waals surface area contributed by atoms with E-state index in [0.29, 0.717) is 29.6 Å². The molecule has 1 aliphatic heterocycles. The van der Waals surface area contributed by atoms with E-state index in [9.17, 15) is 19.2 Å². The minimum absolute atomic E-state index is 0.108. The maximum absolute atomic E-state index is 14.0. The van der Waals surface area contributed by atoms with Gasteiger partial charge >= 0.3 is 0 Å². The highest BCUT2D eigenvalue weighted by Gasteiger charge is 2.40. The fourth-order valence-corrected chi connectivity index (χ4v) is 7.18. The molecule has 50 heavy (non-hydrogen) atoms. The Balaban J connectivity index is 1.21. The molecule has 1 aliphatic rings. The first-order valence-corrected chi connectivity index (χ1v) is 17.4. The zero-order chi connectivity index (χ0) is 35.0. The molecule has 2 heterocycles. The Morgan fingerprint density at radius 2 is 1.58 bits per heavy atom. The van der Waals surface area contributed by atoms with Gasteiger partial charge in [0.1, 0.15) is 18.4 Å². The van der Waals surface area contributed by atoms with E-state index in [1.165, 1.54) is 16.2 Å². The third-order valence-corrected chi connectivity index (χ3v) is 9.83. The predicted octanol–water partition coefficient (Wildman–Crippen LogP) is 4.41. The van der Waals surface area contributed by atoms with Gasteiger partial charge in [0.15, 0.2) is 5.01 Å². The van der Waals surface area contributed by atoms with Gasteiger partial charge in [0.25, 0.3) is 0 Å². The number of ketones is 1. The number of carbonyl (C=O) groups excluding carboxylic acids is 4. The van der Waals surface area contributed by atoms with Gasteiger partial charge in [0.2, 0.25) is 23.5 Å². The molecule has 0 radical (unpaired) electrons. The van der Waals surface area contributed by atoms with Gasteiger partial charge in [0.05, 0.1) is 22.8 Å². The van der Waals surface area contributed by atoms with Crippen LogP contribution in [0.5, 0.6) is 0 Å². The molecule has 11 heteroatoms. The van der Waals surface area contributed by atoms with Crippen LogP contribution in [-0.4, -0.2) is 75.8 Å². The lowest BCUT2D eigenvalue weighted by Crippen LogP contribution is -2.62. The zero-order valence-electron chi connectivity index (χ0n) is 27.5. The van der Waals surface area contributed by atoms with E-state index in [0.717, 1.165) is 22.2 Å². The Labute approximate surface area is 294 Å². The van der Waals surface area contributed by atoms with Crippen molar-refractivity contribution in [2.24, 2.45) is 5.73 Å². The summed E-state index contributed by atoms with van der Waals surface area (Å²) >= 11 is 1.24. The van der Waals surface area contributed by atoms with Crippen LogP contribution in [0, 0.1) is 5.41 Å². The molecule has 3 amide bonds. The second-order valence-corrected chi connectivity index (χ2v) is 13.4. The van der Waals surface area contributed by atoms with Crippen molar-refractivity contribution in [3.05, 3.63) is 136 Å². The van der Waals surface area contributed by atoms with Crippen molar-refractivity contribution in [1.29, 1.82) is 5.41 Å². The molecule has 1 unspecified atom stereocenters. The molecule has 0 saturated carbocycles. The van der Waals surface area contributed by atoms with Crippen LogP contribution in [0.15, 0.2) is 109 Å². The van der Waals surface area contributed by atoms with E-state index < -0.39 is 24.5 Å². The van der Waals surface area contributed by atoms with Gasteiger partial charge in [-0.1, -0.05) is 91.0 Å². The van der Waals surface area contributed by atoms with Crippen molar-refractivity contribution in [3.63, 3.8) is 0 Å². The minimum atomic E-state index is -1.03. The smallest absolute Gasteiger partial charge is 0.246 e. The van der Waals surface area contributed by atoms with E-state index in [2.05, 4.69) is 10.3 Å². The number of carbonyl (C=O) groups is 4. The lowest BCUT2D eigenvalue weighted by molar-refractivity contribution is -0.157. The fraction of sp³-hybridized carbons (Fsp3) is 0.231. The summed E-state index contributed by atoms with van der Waals surface area (Å²) in [6.45, 7) is -0.0992. The van der Waals surface area contributed by atoms with Crippen molar-refractivity contribution in [1.82, 2.24) is 20.1 Å². The van der Waals surface area contributed by atoms with Gasteiger partial charge in [0, 0.05) is 24.9 Å². The number of nitrogen functional groups attached to an aromatic ring is 1. The van der Waals surface area contributed by atoms with Crippen LogP contribution in [0.3, 0.4) is 0 Å². The average molecular weight is 687 g/mol. The van der Waals surface area contributed by atoms with Crippen molar-refractivity contribution in [2.75, 3.05) is 19.6 Å². The normalized spacial score (nSPS) is 15.2. The maximum atomic E-state index is 14.0. The molecule has 2 atom stereocenters. The van der Waals surface area contributed by atoms with Crippen molar-refractivity contribution in [3.8, 4) is 0 Å². The first kappa shape index (κ1) is 34.2. The molecular weight excluding hydrogens is 649 g/mol. The van der Waals surface area contributed by atoms with E-state index in [1.54, 1.807) is 29.2 Å². The number of amides is 3. The van der Waals surface area contributed by atoms with E-state index in [1.807, 2.05) is 84.9 Å². The number of hydrogen-bond acceptors (Lipinski definition) is 7. The number of fused-ring (bicyclic) bond motifs is 1. The Morgan fingerprint density at radius 1 is 0.900 bits per heavy atom. The Kier molecular flexibility index (Phi) is 10.7. The summed E-state index contributed by atoms with van der Waals surface area (Å²) in [6, 6.07) is 31.9. The highest BCUT2D eigenvalue weighted by molar-refractivity contribution is 7.20. The van der Waals surface area contributed by atoms with Crippen LogP contribution >= 0.6 is 11.3 Å². The Morgan fingerprint density at radius 3 is 2.30 bits per heavy atom. The van der Waals surface area contributed by atoms with E-state index in [4.69, 9.17) is 11.1 Å². The standard InChI is InChI=1S/C39H38N6O4S/c40-37(41)29-17-9-15-28(21-29)22-31(36(48)38-43-30-18-7-8-19-33(30)50-38)42-34(46)24-45-32(23-27-13-5-2-6-14-27)39(49)44(25-35(45)47)20-10-16-26-11-3-1-4-12-26/h1-9,11-15,17-19,21,31-32H,10,16,20,22-25H2,(H3,40,41)(H,42,46)/t31?,32-/m1/s1. The van der Waals surface area contributed by atoms with Gasteiger partial charge in [-0.2, -0.15) is 0 Å². The second kappa shape index (κ2) is 15.7. The monoisotopic (exact) mass is 686 g/mol. The molecule has 254 valence electrons. The van der Waals surface area contributed by atoms with Crippen LogP contribution in [0.4, 0.5) is 0 Å². The number of Topliss-reactive ketones (excluding diaryl/α,β-unsaturated/α-hetero) is 1. The summed E-state index contributed by atoms with van der Waals surface area (Å²) in [7, 11) is 0. The van der Waals surface area contributed by atoms with Crippen molar-refractivity contribution < 1.29 is 19.2 Å². The number of para-hydroxylation sites is 1. The third-order valence-electron chi connectivity index (χ3n) is 8.78. The number of amidine groups is 1. The number of piperazine rings is 1. The highest BCUT2D eigenvalue weighted by atomic mass is 32.1. The number of benzene rings is 4. The summed E-state index contributed by atoms with van der Waals surface area (Å²) < 4.78 is 0.842. The van der Waals surface area contributed by atoms with Gasteiger partial charge in [-0.25, -0.2) is 4.98 Å². The first-order chi connectivity index (χ1) is 24.2. The third kappa shape index (κ3) is 8.30. The van der Waals surface area contributed by atoms with Crippen LogP contribution in [0.1, 0.15) is 38.5 Å². The maximum Gasteiger partial charge on any atom is 0.246 e. The molecule has 4 aromatic carbocycles. The summed E-state index contributed by atoms with van der Waals surface area (Å²) in [5.41, 5.74) is 9.60. The van der Waals surface area contributed by atoms with Crippen LogP contribution < -0.4 is 11.1 Å². The number of aromatic nitrogens is 1. The fourth-order valence-electron chi connectivity index (χ4n) is 6.22. The summed E-state index contributed by atoms with van der Waals surface area (Å²) in [5, 5.41) is 11.0. The molecule has 0 aliphatic carbocycles. The van der Waals surface area contributed by atoms with Crippen LogP contribution in [0.2, 0.25) is 0 Å². The second-order valence-electron chi connectivity index (χ2n) is 12.4. The highest BCUT2D eigenvalue weighted by Crippen LogP contribution is 2.24. The summed E-state index contributed by atoms with van der Waals surface area (Å²) in [4.78, 5) is 62.9. The number of nitrogens with zero attached hydrogens (tertiary/aromatic N) is 3. The van der Waals surface area contributed by atoms with E-state index in [-0.39, 0.29) is 47.8 Å². The zero-order valence-corrected chi connectivity index (χ0v) is 28.3. The lowest BCUT2D eigenvalue weighted by atomic mass is 9.99. The van der Waals surface area contributed by atoms with Crippen molar-refractivity contribution in [2.45, 2.75) is 37.8 Å². The molecule has 5 aromatic rings. The lowest BCUT2D eigenvalue weighted by Gasteiger charge is -2.40. The minimum Gasteiger partial charge on any atom is -0.384 e.